The van der Waals surface area contributed by atoms with E-state index in [0.717, 1.165) is 25.7 Å². The fourth-order valence-corrected chi connectivity index (χ4v) is 9.38. The molecule has 3 saturated heterocycles. The molecule has 34 heavy (non-hydrogen) atoms. The number of hydrogen-bond donors (Lipinski definition) is 3. The molecule has 3 fully saturated rings. The molecule has 3 N–H and O–H groups in total. The summed E-state index contributed by atoms with van der Waals surface area (Å²) in [6.07, 6.45) is 3.87. The van der Waals surface area contributed by atoms with Crippen molar-refractivity contribution in [1.82, 2.24) is 10.2 Å². The van der Waals surface area contributed by atoms with E-state index < -0.39 is 22.6 Å². The Bertz CT molecular complexity index is 932. The Morgan fingerprint density at radius 3 is 2.56 bits per heavy atom. The zero-order valence-electron chi connectivity index (χ0n) is 19.5. The molecule has 3 aliphatic rings. The lowest BCUT2D eigenvalue weighted by atomic mass is 9.70. The van der Waals surface area contributed by atoms with Gasteiger partial charge in [-0.3, -0.25) is 14.4 Å². The minimum atomic E-state index is -0.658. The molecule has 4 rings (SSSR count). The van der Waals surface area contributed by atoms with Gasteiger partial charge >= 0.3 is 0 Å². The van der Waals surface area contributed by atoms with Crippen molar-refractivity contribution in [3.8, 4) is 5.75 Å². The summed E-state index contributed by atoms with van der Waals surface area (Å²) in [4.78, 5) is 42.1. The van der Waals surface area contributed by atoms with E-state index in [1.54, 1.807) is 55.1 Å². The molecule has 3 amide bonds. The van der Waals surface area contributed by atoms with Crippen LogP contribution < -0.4 is 15.4 Å². The summed E-state index contributed by atoms with van der Waals surface area (Å²) in [6.45, 7) is 0.612. The second-order valence-corrected chi connectivity index (χ2v) is 11.9. The standard InChI is InChI=1S/C24H32BrN3O5S/c1-26-21(30)17-18-23(32)28(11-5-3-4-6-12-29)20(24(18)13-16(25)19(17)34-24)22(31)27-14-7-9-15(33-2)10-8-14/h7-10,16-20,29H,3-6,11-13H2,1-2H3,(H,26,30)(H,27,31)/t16?,17-,18-,19-,20?,24?/m0/s1. The monoisotopic (exact) mass is 553 g/mol. The van der Waals surface area contributed by atoms with Crippen LogP contribution in [0.5, 0.6) is 5.75 Å². The number of fused-ring (bicyclic) bond motifs is 1. The van der Waals surface area contributed by atoms with Crippen LogP contribution in [0.25, 0.3) is 0 Å². The molecule has 3 heterocycles. The maximum atomic E-state index is 13.8. The summed E-state index contributed by atoms with van der Waals surface area (Å²) in [5.41, 5.74) is 0.636. The molecule has 0 aliphatic carbocycles. The number of aliphatic hydroxyl groups excluding tert-OH is 1. The molecule has 1 aromatic carbocycles. The molecule has 1 spiro atoms. The predicted molar refractivity (Wildman–Crippen MR) is 135 cm³/mol. The number of nitrogens with one attached hydrogen (secondary N) is 2. The average Bonchev–Trinajstić information content (AvgIpc) is 3.42. The Kier molecular flexibility index (Phi) is 7.79. The van der Waals surface area contributed by atoms with Crippen LogP contribution in [-0.4, -0.2) is 75.9 Å². The topological polar surface area (TPSA) is 108 Å². The fourth-order valence-electron chi connectivity index (χ4n) is 5.77. The van der Waals surface area contributed by atoms with Gasteiger partial charge in [0.2, 0.25) is 17.7 Å². The minimum Gasteiger partial charge on any atom is -0.497 e. The highest BCUT2D eigenvalue weighted by Gasteiger charge is 2.75. The maximum Gasteiger partial charge on any atom is 0.248 e. The van der Waals surface area contributed by atoms with Crippen molar-refractivity contribution in [3.05, 3.63) is 24.3 Å². The van der Waals surface area contributed by atoms with Crippen molar-refractivity contribution in [3.63, 3.8) is 0 Å². The quantitative estimate of drug-likeness (QED) is 0.303. The van der Waals surface area contributed by atoms with Crippen molar-refractivity contribution < 1.29 is 24.2 Å². The highest BCUT2D eigenvalue weighted by molar-refractivity contribution is 9.09. The first kappa shape index (κ1) is 25.3. The third kappa shape index (κ3) is 4.33. The first-order valence-electron chi connectivity index (χ1n) is 11.8. The lowest BCUT2D eigenvalue weighted by Gasteiger charge is -2.35. The molecule has 3 unspecified atom stereocenters. The number of hydrogen-bond acceptors (Lipinski definition) is 6. The molecule has 1 aromatic rings. The molecule has 0 aromatic heterocycles. The molecule has 3 aliphatic heterocycles. The number of anilines is 1. The van der Waals surface area contributed by atoms with Crippen LogP contribution in [0.1, 0.15) is 32.1 Å². The normalized spacial score (nSPS) is 31.5. The van der Waals surface area contributed by atoms with Gasteiger partial charge in [-0.15, -0.1) is 11.8 Å². The van der Waals surface area contributed by atoms with Crippen LogP contribution in [0.2, 0.25) is 0 Å². The number of rotatable bonds is 10. The van der Waals surface area contributed by atoms with Crippen molar-refractivity contribution in [1.29, 1.82) is 0 Å². The third-order valence-electron chi connectivity index (χ3n) is 7.25. The number of ether oxygens (including phenoxy) is 1. The SMILES string of the molecule is CNC(=O)[C@H]1[C@H]2C(=O)N(CCCCCCO)C(C(=O)Nc3ccc(OC)cc3)C23CC(Br)[C@@H]1S3. The number of nitrogens with zero attached hydrogens (tertiary/aromatic N) is 1. The fraction of sp³-hybridized carbons (Fsp3) is 0.625. The summed E-state index contributed by atoms with van der Waals surface area (Å²) in [5.74, 6) is -0.739. The summed E-state index contributed by atoms with van der Waals surface area (Å²) < 4.78 is 4.56. The molecule has 8 nitrogen and oxygen atoms in total. The van der Waals surface area contributed by atoms with E-state index in [9.17, 15) is 14.4 Å². The van der Waals surface area contributed by atoms with Crippen LogP contribution in [0.3, 0.4) is 0 Å². The van der Waals surface area contributed by atoms with Crippen LogP contribution in [0.4, 0.5) is 5.69 Å². The van der Waals surface area contributed by atoms with Crippen molar-refractivity contribution in [2.24, 2.45) is 11.8 Å². The number of thioether (sulfide) groups is 1. The van der Waals surface area contributed by atoms with Crippen molar-refractivity contribution in [2.45, 2.75) is 53.0 Å². The van der Waals surface area contributed by atoms with Crippen LogP contribution in [-0.2, 0) is 14.4 Å². The number of halogens is 1. The van der Waals surface area contributed by atoms with E-state index in [0.29, 0.717) is 24.4 Å². The minimum absolute atomic E-state index is 0.0445. The molecular formula is C24H32BrN3O5S. The molecule has 6 atom stereocenters. The Hall–Kier alpha value is -1.78. The van der Waals surface area contributed by atoms with E-state index in [2.05, 4.69) is 26.6 Å². The van der Waals surface area contributed by atoms with Gasteiger partial charge in [-0.05, 0) is 43.5 Å². The number of alkyl halides is 1. The Morgan fingerprint density at radius 1 is 1.21 bits per heavy atom. The van der Waals surface area contributed by atoms with Gasteiger partial charge in [0.1, 0.15) is 11.8 Å². The average molecular weight is 555 g/mol. The predicted octanol–water partition coefficient (Wildman–Crippen LogP) is 2.40. The highest BCUT2D eigenvalue weighted by Crippen LogP contribution is 2.67. The number of benzene rings is 1. The number of methoxy groups -OCH3 is 1. The van der Waals surface area contributed by atoms with Gasteiger partial charge in [0, 0.05) is 36.0 Å². The Balaban J connectivity index is 1.62. The first-order valence-corrected chi connectivity index (χ1v) is 13.6. The highest BCUT2D eigenvalue weighted by atomic mass is 79.9. The third-order valence-corrected chi connectivity index (χ3v) is 10.5. The van der Waals surface area contributed by atoms with Gasteiger partial charge in [0.05, 0.1) is 23.7 Å². The van der Waals surface area contributed by atoms with Gasteiger partial charge in [-0.25, -0.2) is 0 Å². The molecule has 10 heteroatoms. The van der Waals surface area contributed by atoms with Crippen LogP contribution in [0.15, 0.2) is 24.3 Å². The van der Waals surface area contributed by atoms with Crippen molar-refractivity contribution >= 4 is 51.1 Å². The second kappa shape index (κ2) is 10.5. The number of carbonyl (C=O) groups is 3. The number of likely N-dealkylation sites (tertiary alicyclic amines) is 1. The smallest absolute Gasteiger partial charge is 0.248 e. The maximum absolute atomic E-state index is 13.8. The van der Waals surface area contributed by atoms with Crippen LogP contribution >= 0.6 is 27.7 Å². The summed E-state index contributed by atoms with van der Waals surface area (Å²) in [5, 5.41) is 14.7. The zero-order valence-corrected chi connectivity index (χ0v) is 21.9. The molecule has 186 valence electrons. The second-order valence-electron chi connectivity index (χ2n) is 9.16. The number of carbonyl (C=O) groups excluding carboxylic acids is 3. The number of unbranched alkanes of at least 4 members (excludes halogenated alkanes) is 3. The molecule has 2 bridgehead atoms. The molecular weight excluding hydrogens is 522 g/mol. The van der Waals surface area contributed by atoms with Gasteiger partial charge < -0.3 is 25.4 Å². The van der Waals surface area contributed by atoms with E-state index >= 15 is 0 Å². The molecule has 0 saturated carbocycles. The number of aliphatic hydroxyl groups is 1. The summed E-state index contributed by atoms with van der Waals surface area (Å²) >= 11 is 5.38. The van der Waals surface area contributed by atoms with Gasteiger partial charge in [0.15, 0.2) is 0 Å². The number of amides is 3. The van der Waals surface area contributed by atoms with E-state index in [1.807, 2.05) is 0 Å². The Labute approximate surface area is 212 Å². The lowest BCUT2D eigenvalue weighted by Crippen LogP contribution is -2.53. The van der Waals surface area contributed by atoms with Gasteiger partial charge in [-0.2, -0.15) is 0 Å². The van der Waals surface area contributed by atoms with Crippen molar-refractivity contribution in [2.75, 3.05) is 32.6 Å². The zero-order chi connectivity index (χ0) is 24.5. The Morgan fingerprint density at radius 2 is 1.91 bits per heavy atom. The van der Waals surface area contributed by atoms with Gasteiger partial charge in [0.25, 0.3) is 0 Å². The largest absolute Gasteiger partial charge is 0.497 e. The van der Waals surface area contributed by atoms with Crippen LogP contribution in [0, 0.1) is 11.8 Å². The first-order chi connectivity index (χ1) is 16.4. The lowest BCUT2D eigenvalue weighted by molar-refractivity contribution is -0.139. The van der Waals surface area contributed by atoms with E-state index in [-0.39, 0.29) is 34.4 Å². The van der Waals surface area contributed by atoms with E-state index in [1.165, 1.54) is 0 Å². The van der Waals surface area contributed by atoms with Gasteiger partial charge in [-0.1, -0.05) is 28.8 Å². The van der Waals surface area contributed by atoms with E-state index in [4.69, 9.17) is 9.84 Å². The summed E-state index contributed by atoms with van der Waals surface area (Å²) in [6, 6.07) is 6.46. The summed E-state index contributed by atoms with van der Waals surface area (Å²) in [7, 11) is 3.18. The molecule has 0 radical (unpaired) electrons.